The van der Waals surface area contributed by atoms with Crippen LogP contribution in [0.4, 0.5) is 11.6 Å². The van der Waals surface area contributed by atoms with Gasteiger partial charge in [-0.1, -0.05) is 5.10 Å². The summed E-state index contributed by atoms with van der Waals surface area (Å²) < 4.78 is 0. The molecular weight excluding hydrogens is 292 g/mol. The van der Waals surface area contributed by atoms with Crippen LogP contribution in [0, 0.1) is 0 Å². The molecule has 0 atom stereocenters. The molecule has 0 amide bonds. The highest BCUT2D eigenvalue weighted by atomic mass is 16.4. The number of nitrogens with zero attached hydrogens (tertiary/aromatic N) is 5. The molecule has 0 unspecified atom stereocenters. The molecular formula is C8H14N6O7. The number of carboxylic acid groups (broad SMARTS) is 1. The highest BCUT2D eigenvalue weighted by Gasteiger charge is 2.09. The molecule has 13 nitrogen and oxygen atoms in total. The zero-order valence-corrected chi connectivity index (χ0v) is 10.3. The van der Waals surface area contributed by atoms with E-state index in [-0.39, 0.29) is 44.9 Å². The van der Waals surface area contributed by atoms with Gasteiger partial charge in [0.25, 0.3) is 0 Å². The summed E-state index contributed by atoms with van der Waals surface area (Å²) in [6.45, 7) is 0. The molecule has 0 saturated heterocycles. The highest BCUT2D eigenvalue weighted by Crippen LogP contribution is 2.24. The number of aromatic amines is 1. The third-order valence-electron chi connectivity index (χ3n) is 1.80. The molecule has 1 aromatic carbocycles. The van der Waals surface area contributed by atoms with Crippen LogP contribution in [0.3, 0.4) is 0 Å². The summed E-state index contributed by atoms with van der Waals surface area (Å²) in [5, 5.41) is 37.9. The van der Waals surface area contributed by atoms with Crippen LogP contribution in [0.1, 0.15) is 10.4 Å². The SMILES string of the molecule is O.O.O.O.O=C(O)c1cc(N=Nc2nn[nH]n2)ccc1O. The third-order valence-corrected chi connectivity index (χ3v) is 1.80. The van der Waals surface area contributed by atoms with Crippen molar-refractivity contribution < 1.29 is 36.9 Å². The molecule has 0 aliphatic rings. The largest absolute Gasteiger partial charge is 0.507 e. The standard InChI is InChI=1S/C8H6N6O3.4H2O/c15-6-2-1-4(3-5(6)7(16)17)9-10-8-11-13-14-12-8;;;;/h1-3,15H,(H,16,17)(H,11,12,13,14);4*1H2. The van der Waals surface area contributed by atoms with Crippen LogP contribution in [-0.4, -0.2) is 58.7 Å². The molecule has 0 aliphatic heterocycles. The van der Waals surface area contributed by atoms with Crippen LogP contribution in [0.15, 0.2) is 28.4 Å². The van der Waals surface area contributed by atoms with Crippen molar-refractivity contribution >= 4 is 17.6 Å². The Morgan fingerprint density at radius 3 is 2.33 bits per heavy atom. The number of H-pyrrole nitrogens is 1. The lowest BCUT2D eigenvalue weighted by Gasteiger charge is -1.99. The summed E-state index contributed by atoms with van der Waals surface area (Å²) in [5.41, 5.74) is -0.000406. The molecule has 118 valence electrons. The maximum atomic E-state index is 10.7. The van der Waals surface area contributed by atoms with Crippen LogP contribution in [0.2, 0.25) is 0 Å². The third kappa shape index (κ3) is 5.66. The van der Waals surface area contributed by atoms with Gasteiger partial charge < -0.3 is 32.1 Å². The van der Waals surface area contributed by atoms with E-state index < -0.39 is 5.97 Å². The molecule has 0 fully saturated rings. The van der Waals surface area contributed by atoms with Crippen molar-refractivity contribution in [3.63, 3.8) is 0 Å². The number of carboxylic acids is 1. The summed E-state index contributed by atoms with van der Waals surface area (Å²) in [6, 6.07) is 3.81. The number of phenols is 1. The normalized spacial score (nSPS) is 8.76. The predicted molar refractivity (Wildman–Crippen MR) is 67.9 cm³/mol. The van der Waals surface area contributed by atoms with E-state index in [0.29, 0.717) is 0 Å². The lowest BCUT2D eigenvalue weighted by molar-refractivity contribution is 0.0693. The monoisotopic (exact) mass is 306 g/mol. The van der Waals surface area contributed by atoms with Crippen molar-refractivity contribution in [1.29, 1.82) is 0 Å². The van der Waals surface area contributed by atoms with E-state index in [2.05, 4.69) is 30.9 Å². The lowest BCUT2D eigenvalue weighted by atomic mass is 10.2. The Bertz CT molecular complexity index is 572. The summed E-state index contributed by atoms with van der Waals surface area (Å²) >= 11 is 0. The smallest absolute Gasteiger partial charge is 0.339 e. The second kappa shape index (κ2) is 9.87. The molecule has 21 heavy (non-hydrogen) atoms. The summed E-state index contributed by atoms with van der Waals surface area (Å²) in [6.07, 6.45) is 0. The van der Waals surface area contributed by atoms with Crippen molar-refractivity contribution in [2.45, 2.75) is 0 Å². The number of hydrogen-bond donors (Lipinski definition) is 3. The first-order valence-corrected chi connectivity index (χ1v) is 4.38. The number of aromatic hydroxyl groups is 1. The van der Waals surface area contributed by atoms with Gasteiger partial charge in [0.1, 0.15) is 11.3 Å². The first-order valence-electron chi connectivity index (χ1n) is 4.38. The second-order valence-electron chi connectivity index (χ2n) is 2.92. The number of rotatable bonds is 3. The fraction of sp³-hybridized carbons (Fsp3) is 0. The maximum absolute atomic E-state index is 10.7. The van der Waals surface area contributed by atoms with Crippen molar-refractivity contribution in [2.24, 2.45) is 10.2 Å². The van der Waals surface area contributed by atoms with E-state index in [1.54, 1.807) is 0 Å². The van der Waals surface area contributed by atoms with Gasteiger partial charge in [0, 0.05) is 0 Å². The zero-order valence-electron chi connectivity index (χ0n) is 10.3. The number of tetrazole rings is 1. The van der Waals surface area contributed by atoms with Gasteiger partial charge in [0.2, 0.25) is 0 Å². The number of azo groups is 1. The van der Waals surface area contributed by atoms with Gasteiger partial charge in [-0.15, -0.1) is 15.3 Å². The van der Waals surface area contributed by atoms with Gasteiger partial charge >= 0.3 is 11.9 Å². The Hall–Kier alpha value is -3.00. The van der Waals surface area contributed by atoms with E-state index in [9.17, 15) is 9.90 Å². The van der Waals surface area contributed by atoms with Crippen LogP contribution >= 0.6 is 0 Å². The molecule has 2 aromatic rings. The number of aromatic carboxylic acids is 1. The molecule has 13 heteroatoms. The van der Waals surface area contributed by atoms with Gasteiger partial charge in [0.15, 0.2) is 0 Å². The van der Waals surface area contributed by atoms with Crippen LogP contribution in [0.5, 0.6) is 5.75 Å². The van der Waals surface area contributed by atoms with Crippen LogP contribution in [0.25, 0.3) is 0 Å². The molecule has 0 radical (unpaired) electrons. The molecule has 0 aliphatic carbocycles. The van der Waals surface area contributed by atoms with E-state index >= 15 is 0 Å². The first-order chi connectivity index (χ1) is 8.16. The Labute approximate surface area is 116 Å². The van der Waals surface area contributed by atoms with Crippen molar-refractivity contribution in [2.75, 3.05) is 0 Å². The zero-order chi connectivity index (χ0) is 12.3. The molecule has 0 saturated carbocycles. The molecule has 11 N–H and O–H groups in total. The van der Waals surface area contributed by atoms with Crippen molar-refractivity contribution in [3.05, 3.63) is 23.8 Å². The first kappa shape index (κ1) is 23.1. The van der Waals surface area contributed by atoms with Crippen LogP contribution in [-0.2, 0) is 0 Å². The summed E-state index contributed by atoms with van der Waals surface area (Å²) in [5.74, 6) is -1.56. The molecule has 2 rings (SSSR count). The fourth-order valence-electron chi connectivity index (χ4n) is 1.06. The molecule has 0 spiro atoms. The molecule has 1 heterocycles. The summed E-state index contributed by atoms with van der Waals surface area (Å²) in [7, 11) is 0. The highest BCUT2D eigenvalue weighted by molar-refractivity contribution is 5.91. The topological polar surface area (TPSA) is 263 Å². The van der Waals surface area contributed by atoms with Gasteiger partial charge in [-0.3, -0.25) is 0 Å². The Morgan fingerprint density at radius 1 is 1.14 bits per heavy atom. The van der Waals surface area contributed by atoms with Gasteiger partial charge in [-0.25, -0.2) is 4.79 Å². The van der Waals surface area contributed by atoms with E-state index in [1.165, 1.54) is 18.2 Å². The minimum Gasteiger partial charge on any atom is -0.507 e. The average molecular weight is 306 g/mol. The number of nitrogens with one attached hydrogen (secondary N) is 1. The molecule has 1 aromatic heterocycles. The number of hydrogen-bond acceptors (Lipinski definition) is 7. The van der Waals surface area contributed by atoms with Crippen molar-refractivity contribution in [1.82, 2.24) is 20.6 Å². The minimum atomic E-state index is -1.25. The quantitative estimate of drug-likeness (QED) is 0.525. The van der Waals surface area contributed by atoms with Gasteiger partial charge in [-0.2, -0.15) is 5.21 Å². The van der Waals surface area contributed by atoms with Gasteiger partial charge in [0.05, 0.1) is 5.69 Å². The summed E-state index contributed by atoms with van der Waals surface area (Å²) in [4.78, 5) is 10.7. The number of benzene rings is 1. The van der Waals surface area contributed by atoms with Crippen LogP contribution < -0.4 is 0 Å². The average Bonchev–Trinajstić information content (AvgIpc) is 2.80. The second-order valence-corrected chi connectivity index (χ2v) is 2.92. The molecule has 0 bridgehead atoms. The minimum absolute atomic E-state index is 0. The predicted octanol–water partition coefficient (Wildman–Crippen LogP) is -2.28. The van der Waals surface area contributed by atoms with E-state index in [0.717, 1.165) is 0 Å². The Balaban J connectivity index is -0.000000810. The van der Waals surface area contributed by atoms with E-state index in [1.807, 2.05) is 0 Å². The number of carbonyl (C=O) groups is 1. The Morgan fingerprint density at radius 2 is 1.81 bits per heavy atom. The van der Waals surface area contributed by atoms with Crippen molar-refractivity contribution in [3.8, 4) is 5.75 Å². The lowest BCUT2D eigenvalue weighted by Crippen LogP contribution is -1.95. The van der Waals surface area contributed by atoms with Gasteiger partial charge in [-0.05, 0) is 23.4 Å². The van der Waals surface area contributed by atoms with E-state index in [4.69, 9.17) is 5.11 Å². The fourth-order valence-corrected chi connectivity index (χ4v) is 1.06. The number of aromatic nitrogens is 4. The Kier molecular flexibility index (Phi) is 10.9. The maximum Gasteiger partial charge on any atom is 0.339 e.